The predicted octanol–water partition coefficient (Wildman–Crippen LogP) is 1.08. The molecule has 1 aromatic heterocycles. The summed E-state index contributed by atoms with van der Waals surface area (Å²) in [6.07, 6.45) is 0. The molecule has 0 saturated heterocycles. The number of nitro groups is 1. The summed E-state index contributed by atoms with van der Waals surface area (Å²) in [5.74, 6) is -1.40. The molecular weight excluding hydrogens is 870 g/mol. The first-order valence-corrected chi connectivity index (χ1v) is 19.1. The number of aromatic amines is 1. The largest absolute Gasteiger partial charge is 1.00 e. The quantitative estimate of drug-likeness (QED) is 0.0516. The number of non-ortho nitro benzene ring substituents is 1. The van der Waals surface area contributed by atoms with Gasteiger partial charge in [-0.15, -0.1) is 15.3 Å². The number of aromatic hydroxyl groups is 2. The maximum Gasteiger partial charge on any atom is 1.00 e. The standard InChI is InChI=1S/C18H16N4O5S.C16H14N6O6S.Co.Na/c1-10(23)20-13-4-2-3-11-5-7-16(25)18(17(11)13)22-21-14-9-12(28(19,26)27)6-8-15(14)24;1-9-15(19-18-13-8-11(22(25)26)5-6-14(13)23)16(24)21(20-9)10-3-2-4-12(7-10)29(17,27)28;;/h2-9,24-25H,1H3,(H,20,23)(H2,19,26,27);2-8,20,23H,1H3,(H2,17,27,28);;/q;;;+1. The second-order valence-corrected chi connectivity index (χ2v) is 15.1. The van der Waals surface area contributed by atoms with E-state index in [1.54, 1.807) is 24.3 Å². The van der Waals surface area contributed by atoms with Gasteiger partial charge >= 0.3 is 39.6 Å². The number of benzene rings is 5. The number of phenols is 2. The number of carbonyl (C=O) groups is 1. The van der Waals surface area contributed by atoms with Crippen LogP contribution in [0.25, 0.3) is 16.5 Å². The molecule has 303 valence electrons. The molecule has 59 heavy (non-hydrogen) atoms. The minimum absolute atomic E-state index is 0. The van der Waals surface area contributed by atoms with Gasteiger partial charge in [0.1, 0.15) is 27.8 Å². The van der Waals surface area contributed by atoms with Gasteiger partial charge in [0.05, 0.1) is 32.6 Å². The molecule has 6 rings (SSSR count). The van der Waals surface area contributed by atoms with Gasteiger partial charge in [-0.1, -0.05) is 36.1 Å². The number of nitrogens with one attached hydrogen (secondary N) is 2. The molecule has 1 heterocycles. The molecular formula is C34H30CoN10NaO11S2+. The number of carbonyl (C=O) groups excluding carboxylic acids is 1. The first kappa shape index (κ1) is 47.5. The van der Waals surface area contributed by atoms with Gasteiger partial charge in [0, 0.05) is 41.2 Å². The fraction of sp³-hybridized carbons (Fsp3) is 0.0588. The Labute approximate surface area is 366 Å². The van der Waals surface area contributed by atoms with Crippen LogP contribution in [0.3, 0.4) is 0 Å². The molecule has 25 heteroatoms. The van der Waals surface area contributed by atoms with Crippen molar-refractivity contribution in [2.24, 2.45) is 25.6 Å². The van der Waals surface area contributed by atoms with Crippen LogP contribution in [0.2, 0.25) is 0 Å². The zero-order valence-electron chi connectivity index (χ0n) is 30.8. The molecule has 0 bridgehead atoms. The number of nitrogens with zero attached hydrogens (tertiary/aromatic N) is 6. The van der Waals surface area contributed by atoms with E-state index in [1.807, 2.05) is 0 Å². The smallest absolute Gasteiger partial charge is 0.871 e. The molecule has 0 aliphatic rings. The molecule has 0 aliphatic carbocycles. The zero-order valence-corrected chi connectivity index (χ0v) is 35.5. The SMILES string of the molecule is CC(=O)Nc1cccc2ccc(O)c(N=Nc3cc(S([NH3+])(=O)=O)ccc3O)c12.Cc1[nH]n(-c2cccc(S(N)(=O)=O)c2)c(=O)c1N=Nc1cc([N+](=O)[O-])ccc1[O-].[Co].[Na+]. The van der Waals surface area contributed by atoms with E-state index in [9.17, 15) is 51.9 Å². The summed E-state index contributed by atoms with van der Waals surface area (Å²) < 4.78 is 47.3. The van der Waals surface area contributed by atoms with E-state index in [2.05, 4.69) is 36.0 Å². The van der Waals surface area contributed by atoms with Crippen LogP contribution in [0.4, 0.5) is 34.1 Å². The van der Waals surface area contributed by atoms with Gasteiger partial charge in [0.2, 0.25) is 15.9 Å². The average molecular weight is 901 g/mol. The van der Waals surface area contributed by atoms with E-state index in [0.29, 0.717) is 16.5 Å². The van der Waals surface area contributed by atoms with Crippen molar-refractivity contribution in [3.8, 4) is 22.9 Å². The first-order chi connectivity index (χ1) is 26.7. The third-order valence-electron chi connectivity index (χ3n) is 7.73. The summed E-state index contributed by atoms with van der Waals surface area (Å²) in [5.41, 5.74) is -0.643. The Kier molecular flexibility index (Phi) is 15.5. The number of amides is 1. The molecule has 0 unspecified atom stereocenters. The maximum absolute atomic E-state index is 12.6. The number of rotatable bonds is 9. The molecule has 9 N–H and O–H groups in total. The molecule has 0 fully saturated rings. The second kappa shape index (κ2) is 19.3. The third-order valence-corrected chi connectivity index (χ3v) is 9.61. The van der Waals surface area contributed by atoms with Crippen molar-refractivity contribution >= 4 is 70.9 Å². The van der Waals surface area contributed by atoms with E-state index >= 15 is 0 Å². The Morgan fingerprint density at radius 2 is 1.51 bits per heavy atom. The Morgan fingerprint density at radius 3 is 2.15 bits per heavy atom. The van der Waals surface area contributed by atoms with Crippen LogP contribution in [0.15, 0.2) is 126 Å². The second-order valence-electron chi connectivity index (χ2n) is 11.9. The van der Waals surface area contributed by atoms with Crippen LogP contribution in [0.5, 0.6) is 17.2 Å². The fourth-order valence-corrected chi connectivity index (χ4v) is 6.18. The number of hydrogen-bond donors (Lipinski definition) is 6. The van der Waals surface area contributed by atoms with Crippen LogP contribution in [0, 0.1) is 17.0 Å². The summed E-state index contributed by atoms with van der Waals surface area (Å²) in [5, 5.41) is 72.8. The van der Waals surface area contributed by atoms with E-state index in [0.717, 1.165) is 35.0 Å². The van der Waals surface area contributed by atoms with Crippen LogP contribution >= 0.6 is 0 Å². The number of H-pyrrole nitrogens is 1. The summed E-state index contributed by atoms with van der Waals surface area (Å²) in [7, 11) is -7.72. The Hall–Kier alpha value is -5.83. The molecule has 5 aromatic carbocycles. The van der Waals surface area contributed by atoms with Crippen molar-refractivity contribution in [3.63, 3.8) is 0 Å². The van der Waals surface area contributed by atoms with Crippen molar-refractivity contribution in [1.82, 2.24) is 9.78 Å². The van der Waals surface area contributed by atoms with Crippen LogP contribution in [-0.4, -0.2) is 47.7 Å². The normalized spacial score (nSPS) is 11.4. The van der Waals surface area contributed by atoms with Crippen LogP contribution < -0.4 is 55.8 Å². The minimum Gasteiger partial charge on any atom is -0.871 e. The summed E-state index contributed by atoms with van der Waals surface area (Å²) in [6.45, 7) is 2.87. The van der Waals surface area contributed by atoms with E-state index in [4.69, 9.17) is 5.14 Å². The average Bonchev–Trinajstić information content (AvgIpc) is 3.42. The number of primary sulfonamides is 1. The molecule has 1 radical (unpaired) electrons. The van der Waals surface area contributed by atoms with Gasteiger partial charge in [0.15, 0.2) is 5.69 Å². The van der Waals surface area contributed by atoms with Gasteiger partial charge in [-0.25, -0.2) is 23.4 Å². The fourth-order valence-electron chi connectivity index (χ4n) is 5.06. The number of sulfonamides is 2. The number of nitro benzene ring substituents is 1. The number of phenolic OH excluding ortho intramolecular Hbond substituents is 2. The van der Waals surface area contributed by atoms with Crippen molar-refractivity contribution in [2.75, 3.05) is 5.32 Å². The number of hydrogen-bond acceptors (Lipinski definition) is 15. The third kappa shape index (κ3) is 11.4. The number of aromatic nitrogens is 2. The van der Waals surface area contributed by atoms with Crippen molar-refractivity contribution < 1.29 is 93.3 Å². The first-order valence-electron chi connectivity index (χ1n) is 15.9. The summed E-state index contributed by atoms with van der Waals surface area (Å²) >= 11 is 0. The molecule has 1 amide bonds. The molecule has 0 aliphatic heterocycles. The molecule has 0 atom stereocenters. The molecule has 0 spiro atoms. The van der Waals surface area contributed by atoms with E-state index < -0.39 is 36.3 Å². The van der Waals surface area contributed by atoms with Gasteiger partial charge in [-0.05, 0) is 60.8 Å². The number of anilines is 1. The Morgan fingerprint density at radius 1 is 0.864 bits per heavy atom. The molecule has 21 nitrogen and oxygen atoms in total. The van der Waals surface area contributed by atoms with Crippen molar-refractivity contribution in [2.45, 2.75) is 23.6 Å². The van der Waals surface area contributed by atoms with Gasteiger partial charge in [-0.3, -0.25) is 24.8 Å². The van der Waals surface area contributed by atoms with E-state index in [-0.39, 0.29) is 113 Å². The Bertz CT molecular complexity index is 2940. The van der Waals surface area contributed by atoms with Gasteiger partial charge < -0.3 is 20.6 Å². The predicted molar refractivity (Wildman–Crippen MR) is 201 cm³/mol. The van der Waals surface area contributed by atoms with Gasteiger partial charge in [-0.2, -0.15) is 13.5 Å². The van der Waals surface area contributed by atoms with Crippen LogP contribution in [0.1, 0.15) is 12.6 Å². The summed E-state index contributed by atoms with van der Waals surface area (Å²) in [4.78, 5) is 33.9. The summed E-state index contributed by atoms with van der Waals surface area (Å²) in [6, 6.07) is 20.0. The monoisotopic (exact) mass is 900 g/mol. The van der Waals surface area contributed by atoms with Crippen molar-refractivity contribution in [1.29, 1.82) is 0 Å². The number of fused-ring (bicyclic) bond motifs is 1. The minimum atomic E-state index is -3.97. The topological polar surface area (TPSA) is 345 Å². The number of nitrogens with two attached hydrogens (primary N) is 1. The van der Waals surface area contributed by atoms with E-state index in [1.165, 1.54) is 50.2 Å². The number of azo groups is 2. The van der Waals surface area contributed by atoms with Crippen molar-refractivity contribution in [3.05, 3.63) is 117 Å². The zero-order chi connectivity index (χ0) is 41.8. The Balaban J connectivity index is 0.000000305. The molecule has 0 saturated carbocycles. The number of quaternary nitrogens is 1. The maximum atomic E-state index is 12.6. The van der Waals surface area contributed by atoms with Gasteiger partial charge in [0.25, 0.3) is 11.2 Å². The molecule has 6 aromatic rings. The number of aryl methyl sites for hydroxylation is 1. The van der Waals surface area contributed by atoms with Crippen LogP contribution in [-0.2, 0) is 41.6 Å².